The Balaban J connectivity index is 1.94. The Bertz CT molecular complexity index is 592. The van der Waals surface area contributed by atoms with E-state index in [0.717, 1.165) is 25.9 Å². The molecular weight excluding hydrogens is 290 g/mol. The number of piperidine rings is 1. The van der Waals surface area contributed by atoms with Crippen molar-refractivity contribution in [3.63, 3.8) is 0 Å². The van der Waals surface area contributed by atoms with E-state index < -0.39 is 0 Å². The molecule has 2 rings (SSSR count). The number of ether oxygens (including phenoxy) is 1. The molecule has 0 bridgehead atoms. The molecule has 23 heavy (non-hydrogen) atoms. The van der Waals surface area contributed by atoms with Gasteiger partial charge < -0.3 is 15.4 Å². The number of carbonyl (C=O) groups is 1. The first kappa shape index (κ1) is 17.1. The van der Waals surface area contributed by atoms with Gasteiger partial charge in [0.15, 0.2) is 5.75 Å². The smallest absolute Gasteiger partial charge is 0.222 e. The molecule has 5 heteroatoms. The van der Waals surface area contributed by atoms with Gasteiger partial charge in [-0.25, -0.2) is 0 Å². The van der Waals surface area contributed by atoms with Crippen LogP contribution in [0.15, 0.2) is 18.2 Å². The average Bonchev–Trinajstić information content (AvgIpc) is 2.53. The molecule has 0 aromatic heterocycles. The Labute approximate surface area is 138 Å². The molecule has 1 heterocycles. The standard InChI is InChI=1S/C18H25N3O2/c1-13(2)9-17(22)21-8-4-5-14(11-21)12-23-18-15(10-19)6-3-7-16(18)20/h3,6-7,13-14H,4-5,8-9,11-12,20H2,1-2H3. The van der Waals surface area contributed by atoms with Crippen molar-refractivity contribution in [1.82, 2.24) is 4.90 Å². The van der Waals surface area contributed by atoms with E-state index in [-0.39, 0.29) is 11.8 Å². The molecule has 1 unspecified atom stereocenters. The Kier molecular flexibility index (Phi) is 5.86. The maximum absolute atomic E-state index is 12.2. The van der Waals surface area contributed by atoms with E-state index in [2.05, 4.69) is 19.9 Å². The van der Waals surface area contributed by atoms with Crippen molar-refractivity contribution in [2.75, 3.05) is 25.4 Å². The van der Waals surface area contributed by atoms with Crippen molar-refractivity contribution in [3.05, 3.63) is 23.8 Å². The van der Waals surface area contributed by atoms with Crippen molar-refractivity contribution in [3.8, 4) is 11.8 Å². The van der Waals surface area contributed by atoms with Crippen LogP contribution in [0.5, 0.6) is 5.75 Å². The second kappa shape index (κ2) is 7.87. The molecular formula is C18H25N3O2. The number of hydrogen-bond donors (Lipinski definition) is 1. The zero-order valence-corrected chi connectivity index (χ0v) is 13.9. The number of nitrogen functional groups attached to an aromatic ring is 1. The molecule has 0 aliphatic carbocycles. The lowest BCUT2D eigenvalue weighted by atomic mass is 9.98. The van der Waals surface area contributed by atoms with Gasteiger partial charge in [0.25, 0.3) is 0 Å². The lowest BCUT2D eigenvalue weighted by Crippen LogP contribution is -2.42. The summed E-state index contributed by atoms with van der Waals surface area (Å²) < 4.78 is 5.82. The van der Waals surface area contributed by atoms with Crippen LogP contribution in [0.2, 0.25) is 0 Å². The molecule has 2 N–H and O–H groups in total. The van der Waals surface area contributed by atoms with Crippen LogP contribution in [0.3, 0.4) is 0 Å². The number of rotatable bonds is 5. The normalized spacial score (nSPS) is 17.8. The summed E-state index contributed by atoms with van der Waals surface area (Å²) in [6.07, 6.45) is 2.62. The van der Waals surface area contributed by atoms with E-state index in [1.54, 1.807) is 18.2 Å². The molecule has 1 atom stereocenters. The second-order valence-corrected chi connectivity index (χ2v) is 6.59. The number of nitrogens with zero attached hydrogens (tertiary/aromatic N) is 2. The summed E-state index contributed by atoms with van der Waals surface area (Å²) in [4.78, 5) is 14.1. The summed E-state index contributed by atoms with van der Waals surface area (Å²) in [7, 11) is 0. The minimum Gasteiger partial charge on any atom is -0.490 e. The SMILES string of the molecule is CC(C)CC(=O)N1CCCC(COc2c(N)cccc2C#N)C1. The van der Waals surface area contributed by atoms with E-state index in [0.29, 0.717) is 35.9 Å². The van der Waals surface area contributed by atoms with Crippen molar-refractivity contribution in [2.45, 2.75) is 33.1 Å². The number of anilines is 1. The third-order valence-corrected chi connectivity index (χ3v) is 4.08. The fourth-order valence-electron chi connectivity index (χ4n) is 2.91. The molecule has 0 radical (unpaired) electrons. The molecule has 0 spiro atoms. The lowest BCUT2D eigenvalue weighted by molar-refractivity contribution is -0.134. The van der Waals surface area contributed by atoms with Gasteiger partial charge in [-0.15, -0.1) is 0 Å². The maximum atomic E-state index is 12.2. The van der Waals surface area contributed by atoms with Crippen LogP contribution in [0.4, 0.5) is 5.69 Å². The van der Waals surface area contributed by atoms with E-state index in [1.807, 2.05) is 4.90 Å². The van der Waals surface area contributed by atoms with Crippen LogP contribution in [-0.4, -0.2) is 30.5 Å². The molecule has 1 aliphatic heterocycles. The summed E-state index contributed by atoms with van der Waals surface area (Å²) in [5.41, 5.74) is 6.83. The van der Waals surface area contributed by atoms with Gasteiger partial charge in [0.2, 0.25) is 5.91 Å². The number of hydrogen-bond acceptors (Lipinski definition) is 4. The lowest BCUT2D eigenvalue weighted by Gasteiger charge is -2.33. The number of amides is 1. The molecule has 5 nitrogen and oxygen atoms in total. The zero-order chi connectivity index (χ0) is 16.8. The highest BCUT2D eigenvalue weighted by Gasteiger charge is 2.24. The minimum absolute atomic E-state index is 0.224. The third-order valence-electron chi connectivity index (χ3n) is 4.08. The monoisotopic (exact) mass is 315 g/mol. The maximum Gasteiger partial charge on any atom is 0.222 e. The molecule has 124 valence electrons. The number of para-hydroxylation sites is 1. The Morgan fingerprint density at radius 3 is 3.00 bits per heavy atom. The van der Waals surface area contributed by atoms with E-state index in [4.69, 9.17) is 15.7 Å². The van der Waals surface area contributed by atoms with Gasteiger partial charge in [-0.2, -0.15) is 5.26 Å². The molecule has 1 amide bonds. The quantitative estimate of drug-likeness (QED) is 0.847. The highest BCUT2D eigenvalue weighted by molar-refractivity contribution is 5.76. The van der Waals surface area contributed by atoms with Crippen LogP contribution in [0.25, 0.3) is 0 Å². The van der Waals surface area contributed by atoms with Gasteiger partial charge in [-0.3, -0.25) is 4.79 Å². The van der Waals surface area contributed by atoms with Gasteiger partial charge in [-0.1, -0.05) is 19.9 Å². The molecule has 1 aromatic rings. The predicted octanol–water partition coefficient (Wildman–Crippen LogP) is 2.80. The van der Waals surface area contributed by atoms with Crippen LogP contribution < -0.4 is 10.5 Å². The fraction of sp³-hybridized carbons (Fsp3) is 0.556. The van der Waals surface area contributed by atoms with Gasteiger partial charge in [0, 0.05) is 25.4 Å². The first-order valence-electron chi connectivity index (χ1n) is 8.20. The Hall–Kier alpha value is -2.22. The van der Waals surface area contributed by atoms with Crippen molar-refractivity contribution in [2.24, 2.45) is 11.8 Å². The van der Waals surface area contributed by atoms with E-state index in [9.17, 15) is 4.79 Å². The van der Waals surface area contributed by atoms with Crippen LogP contribution in [0.1, 0.15) is 38.7 Å². The predicted molar refractivity (Wildman–Crippen MR) is 89.8 cm³/mol. The molecule has 1 aromatic carbocycles. The minimum atomic E-state index is 0.224. The third kappa shape index (κ3) is 4.62. The summed E-state index contributed by atoms with van der Waals surface area (Å²) >= 11 is 0. The Morgan fingerprint density at radius 2 is 2.30 bits per heavy atom. The Morgan fingerprint density at radius 1 is 1.52 bits per heavy atom. The van der Waals surface area contributed by atoms with E-state index in [1.165, 1.54) is 0 Å². The largest absolute Gasteiger partial charge is 0.490 e. The van der Waals surface area contributed by atoms with Crippen molar-refractivity contribution >= 4 is 11.6 Å². The first-order valence-corrected chi connectivity index (χ1v) is 8.20. The first-order chi connectivity index (χ1) is 11.0. The summed E-state index contributed by atoms with van der Waals surface area (Å²) in [5.74, 6) is 1.34. The van der Waals surface area contributed by atoms with Crippen molar-refractivity contribution in [1.29, 1.82) is 5.26 Å². The summed E-state index contributed by atoms with van der Waals surface area (Å²) in [6, 6.07) is 7.28. The zero-order valence-electron chi connectivity index (χ0n) is 13.9. The van der Waals surface area contributed by atoms with Crippen LogP contribution in [0, 0.1) is 23.2 Å². The molecule has 1 saturated heterocycles. The number of nitriles is 1. The summed E-state index contributed by atoms with van der Waals surface area (Å²) in [6.45, 7) is 6.15. The number of carbonyl (C=O) groups excluding carboxylic acids is 1. The average molecular weight is 315 g/mol. The van der Waals surface area contributed by atoms with Crippen LogP contribution in [-0.2, 0) is 4.79 Å². The van der Waals surface area contributed by atoms with Gasteiger partial charge in [0.05, 0.1) is 17.9 Å². The molecule has 1 aliphatic rings. The fourth-order valence-corrected chi connectivity index (χ4v) is 2.91. The molecule has 0 saturated carbocycles. The molecule has 1 fully saturated rings. The van der Waals surface area contributed by atoms with Gasteiger partial charge in [0.1, 0.15) is 6.07 Å². The number of likely N-dealkylation sites (tertiary alicyclic amines) is 1. The van der Waals surface area contributed by atoms with Crippen LogP contribution >= 0.6 is 0 Å². The topological polar surface area (TPSA) is 79.3 Å². The number of nitrogens with two attached hydrogens (primary N) is 1. The highest BCUT2D eigenvalue weighted by atomic mass is 16.5. The number of benzene rings is 1. The summed E-state index contributed by atoms with van der Waals surface area (Å²) in [5, 5.41) is 9.14. The highest BCUT2D eigenvalue weighted by Crippen LogP contribution is 2.27. The van der Waals surface area contributed by atoms with Crippen molar-refractivity contribution < 1.29 is 9.53 Å². The van der Waals surface area contributed by atoms with E-state index >= 15 is 0 Å². The second-order valence-electron chi connectivity index (χ2n) is 6.59. The van der Waals surface area contributed by atoms with Gasteiger partial charge in [-0.05, 0) is 30.9 Å². The van der Waals surface area contributed by atoms with Gasteiger partial charge >= 0.3 is 0 Å².